The fourth-order valence-corrected chi connectivity index (χ4v) is 3.64. The van der Waals surface area contributed by atoms with Gasteiger partial charge in [0.2, 0.25) is 0 Å². The Balaban J connectivity index is 1.83. The summed E-state index contributed by atoms with van der Waals surface area (Å²) in [6.45, 7) is 2.86. The zero-order valence-electron chi connectivity index (χ0n) is 13.1. The van der Waals surface area contributed by atoms with Gasteiger partial charge in [-0.2, -0.15) is 0 Å². The van der Waals surface area contributed by atoms with Gasteiger partial charge in [0.25, 0.3) is 0 Å². The molecule has 0 saturated heterocycles. The first kappa shape index (κ1) is 17.2. The predicted octanol–water partition coefficient (Wildman–Crippen LogP) is 2.63. The maximum atomic E-state index is 11.4. The highest BCUT2D eigenvalue weighted by Crippen LogP contribution is 2.23. The fourth-order valence-electron chi connectivity index (χ4n) is 2.79. The Morgan fingerprint density at radius 2 is 1.86 bits per heavy atom. The quantitative estimate of drug-likeness (QED) is 0.825. The van der Waals surface area contributed by atoms with Gasteiger partial charge in [-0.1, -0.05) is 31.9 Å². The van der Waals surface area contributed by atoms with Crippen LogP contribution in [-0.2, 0) is 16.4 Å². The molecule has 1 aromatic rings. The first-order valence-electron chi connectivity index (χ1n) is 7.69. The van der Waals surface area contributed by atoms with Crippen molar-refractivity contribution in [2.45, 2.75) is 50.1 Å². The third kappa shape index (κ3) is 4.95. The molecule has 1 saturated carbocycles. The van der Waals surface area contributed by atoms with E-state index in [0.29, 0.717) is 28.5 Å². The van der Waals surface area contributed by atoms with Gasteiger partial charge >= 0.3 is 0 Å². The molecule has 0 bridgehead atoms. The molecule has 0 spiro atoms. The van der Waals surface area contributed by atoms with Crippen molar-refractivity contribution in [2.75, 3.05) is 6.26 Å². The highest BCUT2D eigenvalue weighted by molar-refractivity contribution is 7.90. The minimum atomic E-state index is -3.13. The number of hydrogen-bond acceptors (Lipinski definition) is 3. The summed E-state index contributed by atoms with van der Waals surface area (Å²) >= 11 is 5.35. The molecular formula is C16H24N2O2S2. The van der Waals surface area contributed by atoms with Gasteiger partial charge < -0.3 is 10.6 Å². The number of hydrogen-bond donors (Lipinski definition) is 2. The van der Waals surface area contributed by atoms with E-state index in [4.69, 9.17) is 12.2 Å². The van der Waals surface area contributed by atoms with Crippen molar-refractivity contribution in [1.29, 1.82) is 0 Å². The number of thiocarbonyl (C=S) groups is 1. The zero-order chi connectivity index (χ0) is 16.2. The van der Waals surface area contributed by atoms with Gasteiger partial charge in [0.15, 0.2) is 14.9 Å². The number of nitrogens with one attached hydrogen (secondary N) is 2. The molecule has 4 nitrogen and oxygen atoms in total. The highest BCUT2D eigenvalue weighted by atomic mass is 32.2. The van der Waals surface area contributed by atoms with Gasteiger partial charge in [-0.25, -0.2) is 8.42 Å². The van der Waals surface area contributed by atoms with Crippen LogP contribution in [0.25, 0.3) is 0 Å². The Kier molecular flexibility index (Phi) is 5.81. The van der Waals surface area contributed by atoms with Crippen molar-refractivity contribution >= 4 is 27.2 Å². The Morgan fingerprint density at radius 3 is 2.45 bits per heavy atom. The van der Waals surface area contributed by atoms with E-state index in [0.717, 1.165) is 5.56 Å². The second-order valence-electron chi connectivity index (χ2n) is 6.11. The minimum Gasteiger partial charge on any atom is -0.360 e. The third-order valence-corrected chi connectivity index (χ3v) is 5.62. The van der Waals surface area contributed by atoms with Crippen LogP contribution in [0.1, 0.15) is 38.2 Å². The Labute approximate surface area is 138 Å². The van der Waals surface area contributed by atoms with E-state index < -0.39 is 9.84 Å². The van der Waals surface area contributed by atoms with E-state index >= 15 is 0 Å². The average Bonchev–Trinajstić information content (AvgIpc) is 2.47. The van der Waals surface area contributed by atoms with Crippen LogP contribution in [0.5, 0.6) is 0 Å². The first-order valence-corrected chi connectivity index (χ1v) is 9.99. The molecule has 2 atom stereocenters. The summed E-state index contributed by atoms with van der Waals surface area (Å²) in [5.74, 6) is 0.655. The van der Waals surface area contributed by atoms with Gasteiger partial charge in [0.1, 0.15) is 0 Å². The molecule has 2 rings (SSSR count). The van der Waals surface area contributed by atoms with Gasteiger partial charge in [-0.05, 0) is 48.7 Å². The molecule has 1 aromatic carbocycles. The lowest BCUT2D eigenvalue weighted by atomic mass is 9.86. The van der Waals surface area contributed by atoms with Crippen LogP contribution in [0.15, 0.2) is 29.2 Å². The summed E-state index contributed by atoms with van der Waals surface area (Å²) in [5.41, 5.74) is 1.01. The molecule has 0 amide bonds. The summed E-state index contributed by atoms with van der Waals surface area (Å²) in [4.78, 5) is 0.341. The van der Waals surface area contributed by atoms with Gasteiger partial charge in [0, 0.05) is 18.8 Å². The SMILES string of the molecule is C[C@H]1CCCC[C@@H]1NC(=S)NCc1ccc(S(C)(=O)=O)cc1. The Hall–Kier alpha value is -1.14. The summed E-state index contributed by atoms with van der Waals surface area (Å²) < 4.78 is 22.8. The molecule has 6 heteroatoms. The molecule has 122 valence electrons. The van der Waals surface area contributed by atoms with E-state index in [2.05, 4.69) is 17.6 Å². The van der Waals surface area contributed by atoms with Crippen molar-refractivity contribution in [3.05, 3.63) is 29.8 Å². The van der Waals surface area contributed by atoms with Crippen molar-refractivity contribution in [3.8, 4) is 0 Å². The molecule has 2 N–H and O–H groups in total. The molecular weight excluding hydrogens is 316 g/mol. The molecule has 0 heterocycles. The normalized spacial score (nSPS) is 22.1. The molecule has 0 radical (unpaired) electrons. The molecule has 1 fully saturated rings. The average molecular weight is 341 g/mol. The van der Waals surface area contributed by atoms with Crippen LogP contribution in [-0.4, -0.2) is 25.8 Å². The minimum absolute atomic E-state index is 0.341. The van der Waals surface area contributed by atoms with Gasteiger partial charge in [0.05, 0.1) is 4.90 Å². The summed E-state index contributed by atoms with van der Waals surface area (Å²) in [7, 11) is -3.13. The topological polar surface area (TPSA) is 58.2 Å². The Morgan fingerprint density at radius 1 is 1.23 bits per heavy atom. The molecule has 0 unspecified atom stereocenters. The summed E-state index contributed by atoms with van der Waals surface area (Å²) in [6.07, 6.45) is 6.22. The summed E-state index contributed by atoms with van der Waals surface area (Å²) in [5, 5.41) is 7.27. The number of rotatable bonds is 4. The van der Waals surface area contributed by atoms with E-state index in [1.165, 1.54) is 31.9 Å². The van der Waals surface area contributed by atoms with Crippen LogP contribution in [0.3, 0.4) is 0 Å². The lowest BCUT2D eigenvalue weighted by Crippen LogP contribution is -2.45. The van der Waals surface area contributed by atoms with E-state index in [1.54, 1.807) is 12.1 Å². The maximum absolute atomic E-state index is 11.4. The van der Waals surface area contributed by atoms with Crippen LogP contribution in [0, 0.1) is 5.92 Å². The lowest BCUT2D eigenvalue weighted by molar-refractivity contribution is 0.308. The number of benzene rings is 1. The molecule has 0 aliphatic heterocycles. The van der Waals surface area contributed by atoms with Crippen molar-refractivity contribution in [2.24, 2.45) is 5.92 Å². The smallest absolute Gasteiger partial charge is 0.175 e. The molecule has 22 heavy (non-hydrogen) atoms. The van der Waals surface area contributed by atoms with Gasteiger partial charge in [-0.15, -0.1) is 0 Å². The largest absolute Gasteiger partial charge is 0.360 e. The van der Waals surface area contributed by atoms with Gasteiger partial charge in [-0.3, -0.25) is 0 Å². The lowest BCUT2D eigenvalue weighted by Gasteiger charge is -2.30. The molecule has 1 aliphatic rings. The first-order chi connectivity index (χ1) is 10.4. The van der Waals surface area contributed by atoms with E-state index in [9.17, 15) is 8.42 Å². The van der Waals surface area contributed by atoms with E-state index in [-0.39, 0.29) is 0 Å². The van der Waals surface area contributed by atoms with E-state index in [1.807, 2.05) is 12.1 Å². The second-order valence-corrected chi connectivity index (χ2v) is 8.54. The fraction of sp³-hybridized carbons (Fsp3) is 0.562. The Bertz CT molecular complexity index is 612. The molecule has 0 aromatic heterocycles. The second kappa shape index (κ2) is 7.42. The van der Waals surface area contributed by atoms with Crippen molar-refractivity contribution in [3.63, 3.8) is 0 Å². The van der Waals surface area contributed by atoms with Crippen LogP contribution in [0.2, 0.25) is 0 Å². The monoisotopic (exact) mass is 340 g/mol. The predicted molar refractivity (Wildman–Crippen MR) is 93.5 cm³/mol. The highest BCUT2D eigenvalue weighted by Gasteiger charge is 2.21. The zero-order valence-corrected chi connectivity index (χ0v) is 14.8. The standard InChI is InChI=1S/C16H24N2O2S2/c1-12-5-3-4-6-15(12)18-16(21)17-11-13-7-9-14(10-8-13)22(2,19)20/h7-10,12,15H,3-6,11H2,1-2H3,(H2,17,18,21)/t12-,15-/m0/s1. The van der Waals surface area contributed by atoms with Crippen LogP contribution in [0.4, 0.5) is 0 Å². The molecule has 1 aliphatic carbocycles. The van der Waals surface area contributed by atoms with Crippen molar-refractivity contribution in [1.82, 2.24) is 10.6 Å². The number of sulfone groups is 1. The van der Waals surface area contributed by atoms with Crippen molar-refractivity contribution < 1.29 is 8.42 Å². The summed E-state index contributed by atoms with van der Waals surface area (Å²) in [6, 6.07) is 7.35. The third-order valence-electron chi connectivity index (χ3n) is 4.23. The maximum Gasteiger partial charge on any atom is 0.175 e. The van der Waals surface area contributed by atoms with Crippen LogP contribution < -0.4 is 10.6 Å². The van der Waals surface area contributed by atoms with Crippen LogP contribution >= 0.6 is 12.2 Å².